The molecule has 0 amide bonds. The molecular formula is C18H20F2N2O2. The SMILES string of the molecule is Cc1ccc(OCC2CCCNC2)c(Oc2c(F)cccc2F)n1. The van der Waals surface area contributed by atoms with E-state index in [1.807, 2.05) is 0 Å². The van der Waals surface area contributed by atoms with E-state index in [4.69, 9.17) is 9.47 Å². The molecule has 2 aromatic rings. The van der Waals surface area contributed by atoms with E-state index in [0.717, 1.165) is 38.1 Å². The largest absolute Gasteiger partial charge is 0.488 e. The van der Waals surface area contributed by atoms with Gasteiger partial charge in [0.25, 0.3) is 5.88 Å². The van der Waals surface area contributed by atoms with Gasteiger partial charge in [0.1, 0.15) is 0 Å². The lowest BCUT2D eigenvalue weighted by Gasteiger charge is -2.23. The zero-order chi connectivity index (χ0) is 16.9. The number of ether oxygens (including phenoxy) is 2. The molecule has 0 bridgehead atoms. The van der Waals surface area contributed by atoms with Gasteiger partial charge < -0.3 is 14.8 Å². The van der Waals surface area contributed by atoms with Crippen LogP contribution in [-0.4, -0.2) is 24.7 Å². The van der Waals surface area contributed by atoms with Crippen molar-refractivity contribution in [3.8, 4) is 17.4 Å². The van der Waals surface area contributed by atoms with Crippen LogP contribution in [0.2, 0.25) is 0 Å². The first-order chi connectivity index (χ1) is 11.6. The zero-order valence-electron chi connectivity index (χ0n) is 13.5. The second kappa shape index (κ2) is 7.57. The third kappa shape index (κ3) is 4.00. The highest BCUT2D eigenvalue weighted by molar-refractivity contribution is 5.39. The van der Waals surface area contributed by atoms with Gasteiger partial charge in [-0.2, -0.15) is 0 Å². The summed E-state index contributed by atoms with van der Waals surface area (Å²) < 4.78 is 38.8. The summed E-state index contributed by atoms with van der Waals surface area (Å²) in [6.45, 7) is 4.22. The molecule has 24 heavy (non-hydrogen) atoms. The van der Waals surface area contributed by atoms with Gasteiger partial charge in [-0.1, -0.05) is 6.07 Å². The van der Waals surface area contributed by atoms with Gasteiger partial charge in [-0.15, -0.1) is 0 Å². The number of nitrogens with one attached hydrogen (secondary N) is 1. The number of rotatable bonds is 5. The summed E-state index contributed by atoms with van der Waals surface area (Å²) >= 11 is 0. The Balaban J connectivity index is 1.77. The molecule has 2 heterocycles. The average Bonchev–Trinajstić information content (AvgIpc) is 2.58. The van der Waals surface area contributed by atoms with E-state index in [1.54, 1.807) is 19.1 Å². The molecule has 4 nitrogen and oxygen atoms in total. The van der Waals surface area contributed by atoms with E-state index in [2.05, 4.69) is 10.3 Å². The van der Waals surface area contributed by atoms with Crippen molar-refractivity contribution in [3.63, 3.8) is 0 Å². The minimum absolute atomic E-state index is 0.0720. The van der Waals surface area contributed by atoms with Crippen LogP contribution in [0.4, 0.5) is 8.78 Å². The molecule has 0 saturated carbocycles. The van der Waals surface area contributed by atoms with Crippen LogP contribution in [0.1, 0.15) is 18.5 Å². The van der Waals surface area contributed by atoms with Crippen LogP contribution >= 0.6 is 0 Å². The Morgan fingerprint density at radius 3 is 2.71 bits per heavy atom. The molecule has 6 heteroatoms. The number of pyridine rings is 1. The van der Waals surface area contributed by atoms with Gasteiger partial charge in [0, 0.05) is 18.2 Å². The van der Waals surface area contributed by atoms with Gasteiger partial charge in [-0.3, -0.25) is 0 Å². The van der Waals surface area contributed by atoms with Gasteiger partial charge in [0.15, 0.2) is 17.4 Å². The van der Waals surface area contributed by atoms with Crippen LogP contribution in [0.3, 0.4) is 0 Å². The third-order valence-corrected chi connectivity index (χ3v) is 3.96. The van der Waals surface area contributed by atoms with Gasteiger partial charge in [0.2, 0.25) is 5.75 Å². The molecule has 1 saturated heterocycles. The Labute approximate surface area is 139 Å². The lowest BCUT2D eigenvalue weighted by Crippen LogP contribution is -2.33. The van der Waals surface area contributed by atoms with E-state index in [9.17, 15) is 8.78 Å². The Bertz CT molecular complexity index is 683. The second-order valence-corrected chi connectivity index (χ2v) is 5.93. The number of hydrogen-bond acceptors (Lipinski definition) is 4. The molecule has 1 N–H and O–H groups in total. The van der Waals surface area contributed by atoms with E-state index < -0.39 is 17.4 Å². The highest BCUT2D eigenvalue weighted by Crippen LogP contribution is 2.33. The molecule has 1 aliphatic rings. The molecule has 0 aliphatic carbocycles. The number of piperidine rings is 1. The predicted octanol–water partition coefficient (Wildman–Crippen LogP) is 3.84. The number of halogens is 2. The smallest absolute Gasteiger partial charge is 0.262 e. The molecule has 0 spiro atoms. The quantitative estimate of drug-likeness (QED) is 0.902. The molecule has 1 unspecified atom stereocenters. The Hall–Kier alpha value is -2.21. The normalized spacial score (nSPS) is 17.5. The predicted molar refractivity (Wildman–Crippen MR) is 86.5 cm³/mol. The average molecular weight is 334 g/mol. The molecule has 1 aromatic heterocycles. The van der Waals surface area contributed by atoms with Gasteiger partial charge in [-0.25, -0.2) is 13.8 Å². The summed E-state index contributed by atoms with van der Waals surface area (Å²) in [6.07, 6.45) is 2.20. The van der Waals surface area contributed by atoms with Crippen molar-refractivity contribution in [2.75, 3.05) is 19.7 Å². The first-order valence-corrected chi connectivity index (χ1v) is 8.06. The molecule has 0 radical (unpaired) electrons. The minimum atomic E-state index is -0.777. The maximum atomic E-state index is 13.8. The first-order valence-electron chi connectivity index (χ1n) is 8.06. The van der Waals surface area contributed by atoms with Crippen LogP contribution < -0.4 is 14.8 Å². The Kier molecular flexibility index (Phi) is 5.25. The van der Waals surface area contributed by atoms with Gasteiger partial charge >= 0.3 is 0 Å². The van der Waals surface area contributed by atoms with Crippen molar-refractivity contribution in [1.82, 2.24) is 10.3 Å². The van der Waals surface area contributed by atoms with Crippen LogP contribution in [0.15, 0.2) is 30.3 Å². The summed E-state index contributed by atoms with van der Waals surface area (Å²) in [4.78, 5) is 4.22. The van der Waals surface area contributed by atoms with Crippen LogP contribution in [0.5, 0.6) is 17.4 Å². The Morgan fingerprint density at radius 2 is 2.00 bits per heavy atom. The fourth-order valence-electron chi connectivity index (χ4n) is 2.65. The van der Waals surface area contributed by atoms with Crippen LogP contribution in [0, 0.1) is 24.5 Å². The minimum Gasteiger partial charge on any atom is -0.488 e. The van der Waals surface area contributed by atoms with Crippen LogP contribution in [-0.2, 0) is 0 Å². The second-order valence-electron chi connectivity index (χ2n) is 5.93. The van der Waals surface area contributed by atoms with E-state index >= 15 is 0 Å². The lowest BCUT2D eigenvalue weighted by molar-refractivity contribution is 0.211. The number of aromatic nitrogens is 1. The molecule has 1 aromatic carbocycles. The topological polar surface area (TPSA) is 43.4 Å². The summed E-state index contributed by atoms with van der Waals surface area (Å²) in [6, 6.07) is 7.06. The first kappa shape index (κ1) is 16.6. The maximum Gasteiger partial charge on any atom is 0.262 e. The fourth-order valence-corrected chi connectivity index (χ4v) is 2.65. The molecular weight excluding hydrogens is 314 g/mol. The third-order valence-electron chi connectivity index (χ3n) is 3.96. The van der Waals surface area contributed by atoms with E-state index in [1.165, 1.54) is 6.07 Å². The van der Waals surface area contributed by atoms with E-state index in [-0.39, 0.29) is 5.88 Å². The van der Waals surface area contributed by atoms with Crippen LogP contribution in [0.25, 0.3) is 0 Å². The van der Waals surface area contributed by atoms with Crippen molar-refractivity contribution in [3.05, 3.63) is 47.7 Å². The monoisotopic (exact) mass is 334 g/mol. The van der Waals surface area contributed by atoms with Crippen molar-refractivity contribution in [1.29, 1.82) is 0 Å². The lowest BCUT2D eigenvalue weighted by atomic mass is 10.0. The number of hydrogen-bond donors (Lipinski definition) is 1. The van der Waals surface area contributed by atoms with Gasteiger partial charge in [-0.05, 0) is 50.6 Å². The van der Waals surface area contributed by atoms with Crippen molar-refractivity contribution in [2.45, 2.75) is 19.8 Å². The molecule has 128 valence electrons. The highest BCUT2D eigenvalue weighted by atomic mass is 19.1. The molecule has 1 aliphatic heterocycles. The Morgan fingerprint density at radius 1 is 1.21 bits per heavy atom. The number of nitrogens with zero attached hydrogens (tertiary/aromatic N) is 1. The molecule has 1 atom stereocenters. The van der Waals surface area contributed by atoms with Crippen molar-refractivity contribution < 1.29 is 18.3 Å². The standard InChI is InChI=1S/C18H20F2N2O2/c1-12-7-8-16(23-11-13-4-3-9-21-10-13)18(22-12)24-17-14(19)5-2-6-15(17)20/h2,5-8,13,21H,3-4,9-11H2,1H3. The molecule has 1 fully saturated rings. The van der Waals surface area contributed by atoms with Gasteiger partial charge in [0.05, 0.1) is 6.61 Å². The number of benzene rings is 1. The molecule has 3 rings (SSSR count). The van der Waals surface area contributed by atoms with Crippen molar-refractivity contribution in [2.24, 2.45) is 5.92 Å². The van der Waals surface area contributed by atoms with Crippen molar-refractivity contribution >= 4 is 0 Å². The summed E-state index contributed by atoms with van der Waals surface area (Å²) in [5, 5.41) is 3.32. The highest BCUT2D eigenvalue weighted by Gasteiger charge is 2.18. The summed E-state index contributed by atoms with van der Waals surface area (Å²) in [7, 11) is 0. The fraction of sp³-hybridized carbons (Fsp3) is 0.389. The number of para-hydroxylation sites is 1. The summed E-state index contributed by atoms with van der Waals surface area (Å²) in [5.74, 6) is -1.17. The number of aryl methyl sites for hydroxylation is 1. The maximum absolute atomic E-state index is 13.8. The zero-order valence-corrected chi connectivity index (χ0v) is 13.5. The van der Waals surface area contributed by atoms with E-state index in [0.29, 0.717) is 24.0 Å². The summed E-state index contributed by atoms with van der Waals surface area (Å²) in [5.41, 5.74) is 0.674.